The first kappa shape index (κ1) is 23.3. The van der Waals surface area contributed by atoms with Crippen LogP contribution in [0.5, 0.6) is 0 Å². The Morgan fingerprint density at radius 1 is 1.03 bits per heavy atom. The van der Waals surface area contributed by atoms with Crippen molar-refractivity contribution in [3.05, 3.63) is 0 Å². The van der Waals surface area contributed by atoms with Crippen LogP contribution in [0.25, 0.3) is 0 Å². The van der Waals surface area contributed by atoms with Crippen LogP contribution in [0.2, 0.25) is 0 Å². The lowest BCUT2D eigenvalue weighted by molar-refractivity contribution is -0.135. The normalized spacial score (nSPS) is 36.4. The van der Waals surface area contributed by atoms with Crippen LogP contribution in [0.3, 0.4) is 0 Å². The summed E-state index contributed by atoms with van der Waals surface area (Å²) in [4.78, 5) is 29.5. The number of fused-ring (bicyclic) bond motifs is 1. The van der Waals surface area contributed by atoms with Crippen LogP contribution in [0.4, 0.5) is 4.79 Å². The van der Waals surface area contributed by atoms with Gasteiger partial charge in [-0.05, 0) is 32.6 Å². The number of nitrogens with two attached hydrogens (primary N) is 2. The van der Waals surface area contributed by atoms with E-state index in [0.29, 0.717) is 63.6 Å². The summed E-state index contributed by atoms with van der Waals surface area (Å²) in [5.74, 6) is 6.50. The molecule has 2 saturated carbocycles. The molecule has 2 amide bonds. The molecule has 4 aliphatic rings. The number of carbonyl (C=O) groups excluding carboxylic acids is 2. The van der Waals surface area contributed by atoms with Crippen LogP contribution in [-0.4, -0.2) is 79.1 Å². The number of hydrazone groups is 1. The summed E-state index contributed by atoms with van der Waals surface area (Å²) >= 11 is 0. The molecule has 32 heavy (non-hydrogen) atoms. The van der Waals surface area contributed by atoms with Crippen molar-refractivity contribution in [1.82, 2.24) is 9.80 Å². The number of rotatable bonds is 5. The van der Waals surface area contributed by atoms with Crippen LogP contribution in [0.15, 0.2) is 5.10 Å². The number of ether oxygens (including phenoxy) is 2. The average molecular weight is 450 g/mol. The third-order valence-electron chi connectivity index (χ3n) is 7.92. The van der Waals surface area contributed by atoms with E-state index < -0.39 is 0 Å². The van der Waals surface area contributed by atoms with Crippen molar-refractivity contribution in [2.24, 2.45) is 40.3 Å². The largest absolute Gasteiger partial charge is 0.449 e. The quantitative estimate of drug-likeness (QED) is 0.485. The van der Waals surface area contributed by atoms with Crippen molar-refractivity contribution >= 4 is 17.7 Å². The highest BCUT2D eigenvalue weighted by Gasteiger charge is 2.45. The van der Waals surface area contributed by atoms with Gasteiger partial charge >= 0.3 is 6.09 Å². The minimum Gasteiger partial charge on any atom is -0.449 e. The van der Waals surface area contributed by atoms with E-state index >= 15 is 0 Å². The molecule has 6 unspecified atom stereocenters. The molecule has 4 fully saturated rings. The van der Waals surface area contributed by atoms with Crippen molar-refractivity contribution in [1.29, 1.82) is 0 Å². The zero-order chi connectivity index (χ0) is 22.7. The Labute approximate surface area is 190 Å². The van der Waals surface area contributed by atoms with Crippen molar-refractivity contribution in [2.75, 3.05) is 39.4 Å². The maximum atomic E-state index is 13.0. The predicted molar refractivity (Wildman–Crippen MR) is 121 cm³/mol. The van der Waals surface area contributed by atoms with E-state index in [-0.39, 0.29) is 30.1 Å². The SMILES string of the molecule is CCOC1CCCCC1COC(=O)N1CC2CN(C(=O)C3CCC(N)/C(=N/N)C3)CC2C1. The standard InChI is InChI=1S/C23H39N5O4/c1-2-31-21-6-4-3-5-16(21)14-32-23(30)28-12-17-10-27(11-18(17)13-28)22(29)15-7-8-19(24)20(9-15)26-25/h15-19,21H,2-14,24-25H2,1H3/b26-20+. The molecule has 4 N–H and O–H groups in total. The molecule has 2 aliphatic heterocycles. The summed E-state index contributed by atoms with van der Waals surface area (Å²) < 4.78 is 11.6. The monoisotopic (exact) mass is 449 g/mol. The van der Waals surface area contributed by atoms with Crippen LogP contribution in [-0.2, 0) is 14.3 Å². The highest BCUT2D eigenvalue weighted by atomic mass is 16.6. The number of hydrogen-bond donors (Lipinski definition) is 2. The summed E-state index contributed by atoms with van der Waals surface area (Å²) in [5.41, 5.74) is 6.77. The van der Waals surface area contributed by atoms with Gasteiger partial charge in [0.25, 0.3) is 0 Å². The van der Waals surface area contributed by atoms with E-state index in [1.807, 2.05) is 16.7 Å². The topological polar surface area (TPSA) is 123 Å². The Kier molecular flexibility index (Phi) is 7.55. The molecule has 4 rings (SSSR count). The van der Waals surface area contributed by atoms with Crippen LogP contribution < -0.4 is 11.6 Å². The zero-order valence-electron chi connectivity index (χ0n) is 19.3. The molecule has 180 valence electrons. The second-order valence-electron chi connectivity index (χ2n) is 9.99. The Hall–Kier alpha value is -1.87. The third kappa shape index (κ3) is 5.03. The smallest absolute Gasteiger partial charge is 0.409 e. The fourth-order valence-electron chi connectivity index (χ4n) is 6.06. The van der Waals surface area contributed by atoms with E-state index in [1.165, 1.54) is 12.8 Å². The molecule has 0 aromatic carbocycles. The van der Waals surface area contributed by atoms with Crippen molar-refractivity contribution in [2.45, 2.75) is 64.0 Å². The van der Waals surface area contributed by atoms with E-state index in [4.69, 9.17) is 21.1 Å². The Morgan fingerprint density at radius 3 is 2.41 bits per heavy atom. The first-order chi connectivity index (χ1) is 15.5. The summed E-state index contributed by atoms with van der Waals surface area (Å²) in [5, 5.41) is 3.80. The van der Waals surface area contributed by atoms with Crippen molar-refractivity contribution < 1.29 is 19.1 Å². The number of nitrogens with zero attached hydrogens (tertiary/aromatic N) is 3. The lowest BCUT2D eigenvalue weighted by Gasteiger charge is -2.31. The molecular weight excluding hydrogens is 410 g/mol. The van der Waals surface area contributed by atoms with Gasteiger partial charge in [0.2, 0.25) is 5.91 Å². The van der Waals surface area contributed by atoms with Crippen molar-refractivity contribution in [3.8, 4) is 0 Å². The second kappa shape index (κ2) is 10.4. The fraction of sp³-hybridized carbons (Fsp3) is 0.870. The minimum atomic E-state index is -0.219. The van der Waals surface area contributed by atoms with Gasteiger partial charge in [-0.1, -0.05) is 12.8 Å². The van der Waals surface area contributed by atoms with Gasteiger partial charge < -0.3 is 30.8 Å². The molecule has 2 heterocycles. The van der Waals surface area contributed by atoms with Gasteiger partial charge in [-0.15, -0.1) is 0 Å². The van der Waals surface area contributed by atoms with Crippen molar-refractivity contribution in [3.63, 3.8) is 0 Å². The maximum Gasteiger partial charge on any atom is 0.409 e. The molecule has 9 heteroatoms. The van der Waals surface area contributed by atoms with Crippen LogP contribution >= 0.6 is 0 Å². The molecular formula is C23H39N5O4. The molecule has 0 aromatic heterocycles. The van der Waals surface area contributed by atoms with Gasteiger partial charge in [0.05, 0.1) is 18.4 Å². The van der Waals surface area contributed by atoms with E-state index in [2.05, 4.69) is 5.10 Å². The van der Waals surface area contributed by atoms with Gasteiger partial charge in [0.1, 0.15) is 0 Å². The molecule has 2 aliphatic carbocycles. The third-order valence-corrected chi connectivity index (χ3v) is 7.92. The highest BCUT2D eigenvalue weighted by Crippen LogP contribution is 2.34. The first-order valence-corrected chi connectivity index (χ1v) is 12.3. The van der Waals surface area contributed by atoms with Crippen LogP contribution in [0, 0.1) is 23.7 Å². The van der Waals surface area contributed by atoms with E-state index in [0.717, 1.165) is 31.4 Å². The summed E-state index contributed by atoms with van der Waals surface area (Å²) in [6, 6.07) is -0.126. The Balaban J connectivity index is 1.23. The summed E-state index contributed by atoms with van der Waals surface area (Å²) in [7, 11) is 0. The highest BCUT2D eigenvalue weighted by molar-refractivity contribution is 5.94. The molecule has 9 nitrogen and oxygen atoms in total. The average Bonchev–Trinajstić information content (AvgIpc) is 3.38. The molecule has 0 aromatic rings. The lowest BCUT2D eigenvalue weighted by atomic mass is 9.84. The maximum absolute atomic E-state index is 13.0. The Morgan fingerprint density at radius 2 is 1.72 bits per heavy atom. The van der Waals surface area contributed by atoms with E-state index in [9.17, 15) is 9.59 Å². The number of likely N-dealkylation sites (tertiary alicyclic amines) is 2. The van der Waals surface area contributed by atoms with Gasteiger partial charge in [-0.2, -0.15) is 5.10 Å². The number of carbonyl (C=O) groups is 2. The van der Waals surface area contributed by atoms with Gasteiger partial charge in [0.15, 0.2) is 0 Å². The first-order valence-electron chi connectivity index (χ1n) is 12.3. The zero-order valence-corrected chi connectivity index (χ0v) is 19.3. The predicted octanol–water partition coefficient (Wildman–Crippen LogP) is 1.55. The molecule has 6 atom stereocenters. The lowest BCUT2D eigenvalue weighted by Crippen LogP contribution is -2.44. The fourth-order valence-corrected chi connectivity index (χ4v) is 6.06. The van der Waals surface area contributed by atoms with Gasteiger partial charge in [0, 0.05) is 68.9 Å². The summed E-state index contributed by atoms with van der Waals surface area (Å²) in [6.07, 6.45) is 6.56. The molecule has 0 radical (unpaired) electrons. The minimum absolute atomic E-state index is 0.0780. The molecule has 0 spiro atoms. The number of hydrogen-bond acceptors (Lipinski definition) is 7. The number of amides is 2. The molecule has 0 bridgehead atoms. The second-order valence-corrected chi connectivity index (χ2v) is 9.99. The van der Waals surface area contributed by atoms with Gasteiger partial charge in [-0.25, -0.2) is 4.79 Å². The van der Waals surface area contributed by atoms with Crippen LogP contribution in [0.1, 0.15) is 51.9 Å². The van der Waals surface area contributed by atoms with E-state index in [1.54, 1.807) is 0 Å². The van der Waals surface area contributed by atoms with Gasteiger partial charge in [-0.3, -0.25) is 4.79 Å². The Bertz CT molecular complexity index is 701. The molecule has 2 saturated heterocycles. The summed E-state index contributed by atoms with van der Waals surface area (Å²) in [6.45, 7) is 5.90.